The lowest BCUT2D eigenvalue weighted by molar-refractivity contribution is 0.101. The van der Waals surface area contributed by atoms with Crippen LogP contribution in [0.5, 0.6) is 5.75 Å². The molecule has 0 aliphatic heterocycles. The molecule has 0 fully saturated rings. The van der Waals surface area contributed by atoms with E-state index in [2.05, 4.69) is 31.9 Å². The summed E-state index contributed by atoms with van der Waals surface area (Å²) in [5.74, 6) is 0.815. The van der Waals surface area contributed by atoms with Gasteiger partial charge in [-0.3, -0.25) is 4.79 Å². The summed E-state index contributed by atoms with van der Waals surface area (Å²) < 4.78 is 11.6. The van der Waals surface area contributed by atoms with Crippen LogP contribution in [0.25, 0.3) is 0 Å². The molecule has 0 amide bonds. The van der Waals surface area contributed by atoms with Crippen LogP contribution < -0.4 is 4.74 Å². The summed E-state index contributed by atoms with van der Waals surface area (Å²) in [7, 11) is 1.57. The van der Waals surface area contributed by atoms with Crippen molar-refractivity contribution < 1.29 is 13.9 Å². The molecule has 0 unspecified atom stereocenters. The first-order valence-corrected chi connectivity index (χ1v) is 6.34. The average Bonchev–Trinajstić information content (AvgIpc) is 2.75. The molecule has 2 rings (SSSR count). The fraction of sp³-hybridized carbons (Fsp3) is 0.0833. The Kier molecular flexibility index (Phi) is 3.69. The number of hydrogen-bond donors (Lipinski definition) is 0. The third-order valence-electron chi connectivity index (χ3n) is 2.21. The molecule has 0 bridgehead atoms. The Morgan fingerprint density at radius 3 is 2.53 bits per heavy atom. The quantitative estimate of drug-likeness (QED) is 0.776. The van der Waals surface area contributed by atoms with Crippen LogP contribution in [-0.4, -0.2) is 12.9 Å². The Balaban J connectivity index is 2.35. The Labute approximate surface area is 115 Å². The second-order valence-electron chi connectivity index (χ2n) is 3.28. The minimum Gasteiger partial charge on any atom is -0.496 e. The van der Waals surface area contributed by atoms with E-state index in [1.165, 1.54) is 0 Å². The predicted molar refractivity (Wildman–Crippen MR) is 70.5 cm³/mol. The highest BCUT2D eigenvalue weighted by Crippen LogP contribution is 2.27. The van der Waals surface area contributed by atoms with Crippen molar-refractivity contribution in [3.05, 3.63) is 50.8 Å². The zero-order chi connectivity index (χ0) is 12.4. The first-order valence-electron chi connectivity index (χ1n) is 4.75. The van der Waals surface area contributed by atoms with E-state index >= 15 is 0 Å². The van der Waals surface area contributed by atoms with Crippen LogP contribution >= 0.6 is 31.9 Å². The second kappa shape index (κ2) is 5.06. The van der Waals surface area contributed by atoms with E-state index in [0.29, 0.717) is 21.7 Å². The Morgan fingerprint density at radius 2 is 2.00 bits per heavy atom. The van der Waals surface area contributed by atoms with Crippen molar-refractivity contribution in [1.82, 2.24) is 0 Å². The zero-order valence-electron chi connectivity index (χ0n) is 8.87. The molecular formula is C12H8Br2O3. The van der Waals surface area contributed by atoms with E-state index < -0.39 is 0 Å². The number of furan rings is 1. The van der Waals surface area contributed by atoms with Gasteiger partial charge in [0.15, 0.2) is 10.4 Å². The number of carbonyl (C=O) groups is 1. The largest absolute Gasteiger partial charge is 0.496 e. The minimum absolute atomic E-state index is 0.168. The summed E-state index contributed by atoms with van der Waals surface area (Å²) in [6.07, 6.45) is 0. The number of ketones is 1. The molecule has 17 heavy (non-hydrogen) atoms. The monoisotopic (exact) mass is 358 g/mol. The van der Waals surface area contributed by atoms with Crippen molar-refractivity contribution in [2.45, 2.75) is 0 Å². The van der Waals surface area contributed by atoms with Crippen molar-refractivity contribution >= 4 is 37.6 Å². The minimum atomic E-state index is -0.168. The number of rotatable bonds is 3. The van der Waals surface area contributed by atoms with Crippen molar-refractivity contribution in [3.8, 4) is 5.75 Å². The van der Waals surface area contributed by atoms with E-state index in [0.717, 1.165) is 4.47 Å². The lowest BCUT2D eigenvalue weighted by atomic mass is 10.1. The summed E-state index contributed by atoms with van der Waals surface area (Å²) in [5, 5.41) is 0. The first-order chi connectivity index (χ1) is 8.11. The maximum atomic E-state index is 12.0. The summed E-state index contributed by atoms with van der Waals surface area (Å²) >= 11 is 6.50. The maximum Gasteiger partial charge on any atom is 0.228 e. The second-order valence-corrected chi connectivity index (χ2v) is 4.92. The van der Waals surface area contributed by atoms with Gasteiger partial charge < -0.3 is 9.15 Å². The SMILES string of the molecule is COc1ccc(C(=O)c2ccc(Br)o2)cc1Br. The molecular weight excluding hydrogens is 352 g/mol. The molecule has 1 aromatic heterocycles. The number of methoxy groups -OCH3 is 1. The molecule has 0 radical (unpaired) electrons. The van der Waals surface area contributed by atoms with Crippen LogP contribution in [0.2, 0.25) is 0 Å². The third kappa shape index (κ3) is 2.61. The average molecular weight is 360 g/mol. The zero-order valence-corrected chi connectivity index (χ0v) is 12.0. The lowest BCUT2D eigenvalue weighted by Crippen LogP contribution is -1.99. The molecule has 3 nitrogen and oxygen atoms in total. The topological polar surface area (TPSA) is 39.4 Å². The van der Waals surface area contributed by atoms with Gasteiger partial charge in [0, 0.05) is 5.56 Å². The maximum absolute atomic E-state index is 12.0. The Bertz CT molecular complexity index is 561. The van der Waals surface area contributed by atoms with Gasteiger partial charge >= 0.3 is 0 Å². The number of halogens is 2. The van der Waals surface area contributed by atoms with Crippen LogP contribution in [0.3, 0.4) is 0 Å². The molecule has 0 spiro atoms. The number of ether oxygens (including phenoxy) is 1. The van der Waals surface area contributed by atoms with Gasteiger partial charge in [0.05, 0.1) is 11.6 Å². The smallest absolute Gasteiger partial charge is 0.228 e. The van der Waals surface area contributed by atoms with Crippen LogP contribution in [0, 0.1) is 0 Å². The normalized spacial score (nSPS) is 10.3. The highest BCUT2D eigenvalue weighted by Gasteiger charge is 2.14. The standard InChI is InChI=1S/C12H8Br2O3/c1-16-9-3-2-7(6-8(9)13)12(15)10-4-5-11(14)17-10/h2-6H,1H3. The van der Waals surface area contributed by atoms with Gasteiger partial charge in [0.25, 0.3) is 0 Å². The molecule has 0 atom stereocenters. The lowest BCUT2D eigenvalue weighted by Gasteiger charge is -2.04. The van der Waals surface area contributed by atoms with E-state index in [-0.39, 0.29) is 5.78 Å². The van der Waals surface area contributed by atoms with Gasteiger partial charge in [-0.1, -0.05) is 0 Å². The van der Waals surface area contributed by atoms with E-state index in [1.54, 1.807) is 37.4 Å². The van der Waals surface area contributed by atoms with E-state index in [9.17, 15) is 4.79 Å². The van der Waals surface area contributed by atoms with E-state index in [4.69, 9.17) is 9.15 Å². The summed E-state index contributed by atoms with van der Waals surface area (Å²) in [6.45, 7) is 0. The molecule has 0 saturated carbocycles. The van der Waals surface area contributed by atoms with Gasteiger partial charge in [-0.25, -0.2) is 0 Å². The molecule has 0 aliphatic carbocycles. The fourth-order valence-electron chi connectivity index (χ4n) is 1.39. The summed E-state index contributed by atoms with van der Waals surface area (Å²) in [4.78, 5) is 12.0. The van der Waals surface area contributed by atoms with Gasteiger partial charge in [-0.05, 0) is 62.2 Å². The molecule has 1 heterocycles. The van der Waals surface area contributed by atoms with Gasteiger partial charge in [0.1, 0.15) is 5.75 Å². The predicted octanol–water partition coefficient (Wildman–Crippen LogP) is 4.04. The number of carbonyl (C=O) groups excluding carboxylic acids is 1. The van der Waals surface area contributed by atoms with Crippen molar-refractivity contribution in [3.63, 3.8) is 0 Å². The van der Waals surface area contributed by atoms with Gasteiger partial charge in [-0.2, -0.15) is 0 Å². The van der Waals surface area contributed by atoms with Crippen LogP contribution in [0.1, 0.15) is 16.1 Å². The van der Waals surface area contributed by atoms with Gasteiger partial charge in [0.2, 0.25) is 5.78 Å². The van der Waals surface area contributed by atoms with Crippen molar-refractivity contribution in [2.24, 2.45) is 0 Å². The van der Waals surface area contributed by atoms with Crippen LogP contribution in [0.15, 0.2) is 43.9 Å². The van der Waals surface area contributed by atoms with Crippen LogP contribution in [-0.2, 0) is 0 Å². The first kappa shape index (κ1) is 12.4. The van der Waals surface area contributed by atoms with Crippen molar-refractivity contribution in [2.75, 3.05) is 7.11 Å². The molecule has 0 saturated heterocycles. The molecule has 1 aromatic carbocycles. The Hall–Kier alpha value is -1.07. The van der Waals surface area contributed by atoms with E-state index in [1.807, 2.05) is 0 Å². The molecule has 0 aliphatic rings. The summed E-state index contributed by atoms with van der Waals surface area (Å²) in [5.41, 5.74) is 0.541. The van der Waals surface area contributed by atoms with Crippen LogP contribution in [0.4, 0.5) is 0 Å². The number of hydrogen-bond acceptors (Lipinski definition) is 3. The highest BCUT2D eigenvalue weighted by atomic mass is 79.9. The third-order valence-corrected chi connectivity index (χ3v) is 3.26. The molecule has 2 aromatic rings. The Morgan fingerprint density at radius 1 is 1.24 bits per heavy atom. The van der Waals surface area contributed by atoms with Gasteiger partial charge in [-0.15, -0.1) is 0 Å². The molecule has 5 heteroatoms. The highest BCUT2D eigenvalue weighted by molar-refractivity contribution is 9.10. The van der Waals surface area contributed by atoms with Crippen molar-refractivity contribution in [1.29, 1.82) is 0 Å². The fourth-order valence-corrected chi connectivity index (χ4v) is 2.23. The molecule has 88 valence electrons. The number of benzene rings is 1. The summed E-state index contributed by atoms with van der Waals surface area (Å²) in [6, 6.07) is 8.45. The molecule has 0 N–H and O–H groups in total.